The number of ether oxygens (including phenoxy) is 3. The molecule has 144 valence electrons. The van der Waals surface area contributed by atoms with Gasteiger partial charge in [0, 0.05) is 19.7 Å². The van der Waals surface area contributed by atoms with E-state index in [0.29, 0.717) is 30.3 Å². The molecule has 2 heterocycles. The van der Waals surface area contributed by atoms with Crippen molar-refractivity contribution in [3.05, 3.63) is 47.8 Å². The van der Waals surface area contributed by atoms with Crippen LogP contribution >= 0.6 is 0 Å². The van der Waals surface area contributed by atoms with Gasteiger partial charge in [-0.05, 0) is 42.7 Å². The second-order valence-electron chi connectivity index (χ2n) is 6.32. The highest BCUT2D eigenvalue weighted by molar-refractivity contribution is 5.92. The summed E-state index contributed by atoms with van der Waals surface area (Å²) in [4.78, 5) is 16.4. The maximum Gasteiger partial charge on any atom is 0.269 e. The van der Waals surface area contributed by atoms with Crippen LogP contribution in [0.25, 0.3) is 0 Å². The zero-order valence-electron chi connectivity index (χ0n) is 15.7. The minimum absolute atomic E-state index is 0.122. The van der Waals surface area contributed by atoms with Crippen LogP contribution in [0.1, 0.15) is 28.9 Å². The van der Waals surface area contributed by atoms with Crippen molar-refractivity contribution < 1.29 is 19.0 Å². The number of carbonyl (C=O) groups excluding carboxylic acids is 1. The number of nitrogens with one attached hydrogen (secondary N) is 2. The average Bonchev–Trinajstić information content (AvgIpc) is 3.24. The van der Waals surface area contributed by atoms with Crippen molar-refractivity contribution in [1.29, 1.82) is 0 Å². The fourth-order valence-electron chi connectivity index (χ4n) is 2.93. The Hall–Kier alpha value is -2.80. The maximum atomic E-state index is 12.1. The van der Waals surface area contributed by atoms with Crippen LogP contribution in [0.15, 0.2) is 36.5 Å². The maximum absolute atomic E-state index is 12.1. The number of pyridine rings is 1. The van der Waals surface area contributed by atoms with Crippen molar-refractivity contribution in [2.75, 3.05) is 32.7 Å². The van der Waals surface area contributed by atoms with Crippen LogP contribution in [0.5, 0.6) is 11.5 Å². The minimum Gasteiger partial charge on any atom is -0.493 e. The smallest absolute Gasteiger partial charge is 0.269 e. The molecule has 1 fully saturated rings. The molecule has 1 saturated heterocycles. The molecule has 1 amide bonds. The molecule has 1 aliphatic rings. The Balaban J connectivity index is 1.52. The number of hydrogen-bond donors (Lipinski definition) is 2. The number of anilines is 1. The fourth-order valence-corrected chi connectivity index (χ4v) is 2.93. The van der Waals surface area contributed by atoms with Gasteiger partial charge >= 0.3 is 0 Å². The van der Waals surface area contributed by atoms with Gasteiger partial charge in [-0.3, -0.25) is 4.79 Å². The molecule has 0 spiro atoms. The van der Waals surface area contributed by atoms with E-state index in [2.05, 4.69) is 15.6 Å². The number of methoxy groups -OCH3 is 2. The molecular weight excluding hydrogens is 346 g/mol. The molecular formula is C20H25N3O4. The molecule has 0 saturated carbocycles. The predicted molar refractivity (Wildman–Crippen MR) is 102 cm³/mol. The van der Waals surface area contributed by atoms with Gasteiger partial charge in [0.25, 0.3) is 5.91 Å². The number of nitrogens with zero attached hydrogens (tertiary/aromatic N) is 1. The summed E-state index contributed by atoms with van der Waals surface area (Å²) < 4.78 is 16.1. The van der Waals surface area contributed by atoms with E-state index in [4.69, 9.17) is 14.2 Å². The Kier molecular flexibility index (Phi) is 6.49. The van der Waals surface area contributed by atoms with E-state index in [1.165, 1.54) is 0 Å². The van der Waals surface area contributed by atoms with E-state index in [0.717, 1.165) is 30.7 Å². The van der Waals surface area contributed by atoms with Crippen molar-refractivity contribution in [3.63, 3.8) is 0 Å². The summed E-state index contributed by atoms with van der Waals surface area (Å²) in [7, 11) is 3.22. The lowest BCUT2D eigenvalue weighted by atomic mass is 10.2. The number of aromatic nitrogens is 1. The lowest BCUT2D eigenvalue weighted by Gasteiger charge is -2.12. The van der Waals surface area contributed by atoms with Crippen molar-refractivity contribution >= 4 is 11.6 Å². The summed E-state index contributed by atoms with van der Waals surface area (Å²) in [5.74, 6) is 1.20. The van der Waals surface area contributed by atoms with E-state index in [1.807, 2.05) is 24.3 Å². The van der Waals surface area contributed by atoms with Gasteiger partial charge in [0.15, 0.2) is 11.5 Å². The van der Waals surface area contributed by atoms with Crippen LogP contribution < -0.4 is 20.1 Å². The zero-order chi connectivity index (χ0) is 19.1. The largest absolute Gasteiger partial charge is 0.493 e. The third-order valence-electron chi connectivity index (χ3n) is 4.45. The first-order valence-corrected chi connectivity index (χ1v) is 9.00. The molecule has 3 rings (SSSR count). The quantitative estimate of drug-likeness (QED) is 0.742. The number of benzene rings is 1. The average molecular weight is 371 g/mol. The predicted octanol–water partition coefficient (Wildman–Crippen LogP) is 2.62. The van der Waals surface area contributed by atoms with Crippen molar-refractivity contribution in [2.45, 2.75) is 25.5 Å². The molecule has 2 aromatic rings. The summed E-state index contributed by atoms with van der Waals surface area (Å²) in [5.41, 5.74) is 2.27. The fraction of sp³-hybridized carbons (Fsp3) is 0.400. The molecule has 7 heteroatoms. The standard InChI is InChI=1S/C20H25N3O4/c1-25-18-8-5-14(10-19(18)26-2)11-21-15-6-7-17(22-12-15)20(24)23-13-16-4-3-9-27-16/h5-8,10,12,16,21H,3-4,9,11,13H2,1-2H3,(H,23,24). The van der Waals surface area contributed by atoms with Gasteiger partial charge in [-0.15, -0.1) is 0 Å². The van der Waals surface area contributed by atoms with E-state index < -0.39 is 0 Å². The zero-order valence-corrected chi connectivity index (χ0v) is 15.7. The highest BCUT2D eigenvalue weighted by atomic mass is 16.5. The van der Waals surface area contributed by atoms with Gasteiger partial charge < -0.3 is 24.8 Å². The number of rotatable bonds is 8. The van der Waals surface area contributed by atoms with Gasteiger partial charge in [0.05, 0.1) is 32.2 Å². The van der Waals surface area contributed by atoms with Gasteiger partial charge in [-0.2, -0.15) is 0 Å². The molecule has 1 aliphatic heterocycles. The molecule has 0 bridgehead atoms. The highest BCUT2D eigenvalue weighted by Gasteiger charge is 2.17. The second-order valence-corrected chi connectivity index (χ2v) is 6.32. The molecule has 1 aromatic carbocycles. The number of hydrogen-bond acceptors (Lipinski definition) is 6. The SMILES string of the molecule is COc1ccc(CNc2ccc(C(=O)NCC3CCCO3)nc2)cc1OC. The molecule has 1 unspecified atom stereocenters. The van der Waals surface area contributed by atoms with Crippen molar-refractivity contribution in [2.24, 2.45) is 0 Å². The van der Waals surface area contributed by atoms with Gasteiger partial charge in [-0.25, -0.2) is 4.98 Å². The van der Waals surface area contributed by atoms with E-state index in [1.54, 1.807) is 26.5 Å². The number of carbonyl (C=O) groups is 1. The Morgan fingerprint density at radius 2 is 2.07 bits per heavy atom. The summed E-state index contributed by atoms with van der Waals surface area (Å²) in [6.45, 7) is 1.91. The Morgan fingerprint density at radius 3 is 2.74 bits per heavy atom. The Labute approximate surface area is 159 Å². The van der Waals surface area contributed by atoms with Crippen molar-refractivity contribution in [1.82, 2.24) is 10.3 Å². The summed E-state index contributed by atoms with van der Waals surface area (Å²) >= 11 is 0. The van der Waals surface area contributed by atoms with Crippen LogP contribution in [-0.4, -0.2) is 44.4 Å². The minimum atomic E-state index is -0.183. The summed E-state index contributed by atoms with van der Waals surface area (Å²) in [6.07, 6.45) is 3.82. The lowest BCUT2D eigenvalue weighted by Crippen LogP contribution is -2.32. The highest BCUT2D eigenvalue weighted by Crippen LogP contribution is 2.27. The van der Waals surface area contributed by atoms with Crippen LogP contribution in [0.2, 0.25) is 0 Å². The molecule has 0 aliphatic carbocycles. The summed E-state index contributed by atoms with van der Waals surface area (Å²) in [6, 6.07) is 9.31. The van der Waals surface area contributed by atoms with Gasteiger partial charge in [0.2, 0.25) is 0 Å². The summed E-state index contributed by atoms with van der Waals surface area (Å²) in [5, 5.41) is 6.15. The lowest BCUT2D eigenvalue weighted by molar-refractivity contribution is 0.0854. The molecule has 7 nitrogen and oxygen atoms in total. The normalized spacial score (nSPS) is 16.0. The van der Waals surface area contributed by atoms with Crippen LogP contribution in [-0.2, 0) is 11.3 Å². The third kappa shape index (κ3) is 5.10. The molecule has 1 atom stereocenters. The van der Waals surface area contributed by atoms with Crippen LogP contribution in [0, 0.1) is 0 Å². The molecule has 27 heavy (non-hydrogen) atoms. The monoisotopic (exact) mass is 371 g/mol. The van der Waals surface area contributed by atoms with E-state index in [9.17, 15) is 4.79 Å². The first-order valence-electron chi connectivity index (χ1n) is 9.00. The van der Waals surface area contributed by atoms with Gasteiger partial charge in [-0.1, -0.05) is 6.07 Å². The number of amides is 1. The molecule has 1 aromatic heterocycles. The first kappa shape index (κ1) is 19.0. The Bertz CT molecular complexity index is 758. The third-order valence-corrected chi connectivity index (χ3v) is 4.45. The Morgan fingerprint density at radius 1 is 1.22 bits per heavy atom. The van der Waals surface area contributed by atoms with E-state index in [-0.39, 0.29) is 12.0 Å². The van der Waals surface area contributed by atoms with Crippen LogP contribution in [0.4, 0.5) is 5.69 Å². The topological polar surface area (TPSA) is 81.7 Å². The molecule has 0 radical (unpaired) electrons. The van der Waals surface area contributed by atoms with Crippen molar-refractivity contribution in [3.8, 4) is 11.5 Å². The second kappa shape index (κ2) is 9.23. The van der Waals surface area contributed by atoms with E-state index >= 15 is 0 Å². The van der Waals surface area contributed by atoms with Crippen LogP contribution in [0.3, 0.4) is 0 Å². The first-order chi connectivity index (χ1) is 13.2. The van der Waals surface area contributed by atoms with Gasteiger partial charge in [0.1, 0.15) is 5.69 Å². The molecule has 2 N–H and O–H groups in total.